The number of benzene rings is 1. The summed E-state index contributed by atoms with van der Waals surface area (Å²) in [6.07, 6.45) is 0.949. The van der Waals surface area contributed by atoms with Gasteiger partial charge in [-0.25, -0.2) is 4.79 Å². The van der Waals surface area contributed by atoms with Gasteiger partial charge in [0.2, 0.25) is 0 Å². The fourth-order valence-electron chi connectivity index (χ4n) is 1.23. The maximum absolute atomic E-state index is 10.9. The molecule has 1 rings (SSSR count). The number of ether oxygens (including phenoxy) is 1. The van der Waals surface area contributed by atoms with E-state index in [2.05, 4.69) is 14.2 Å². The highest BCUT2D eigenvalue weighted by atomic mass is 32.2. The van der Waals surface area contributed by atoms with E-state index in [1.165, 1.54) is 7.11 Å². The molecule has 0 radical (unpaired) electrons. The number of carbonyl (C=O) groups is 1. The standard InChI is InChI=1S/C11H15NO5S/c1-16-11(13)12-10-5-3-9(4-6-10)7-8-17-18(2,14)15/h3-6H,7-8H2,1-2H3,(H,12,13). The molecule has 6 nitrogen and oxygen atoms in total. The van der Waals surface area contributed by atoms with Gasteiger partial charge in [0.05, 0.1) is 20.0 Å². The van der Waals surface area contributed by atoms with Gasteiger partial charge in [0.15, 0.2) is 0 Å². The van der Waals surface area contributed by atoms with Crippen molar-refractivity contribution in [2.24, 2.45) is 0 Å². The van der Waals surface area contributed by atoms with E-state index in [-0.39, 0.29) is 6.61 Å². The molecule has 1 amide bonds. The molecule has 0 fully saturated rings. The summed E-state index contributed by atoms with van der Waals surface area (Å²) in [6, 6.07) is 6.95. The van der Waals surface area contributed by atoms with Gasteiger partial charge in [-0.1, -0.05) is 12.1 Å². The summed E-state index contributed by atoms with van der Waals surface area (Å²) in [5.74, 6) is 0. The Kier molecular flexibility index (Phi) is 5.11. The van der Waals surface area contributed by atoms with Gasteiger partial charge in [-0.3, -0.25) is 9.50 Å². The van der Waals surface area contributed by atoms with E-state index in [0.717, 1.165) is 11.8 Å². The molecule has 1 aromatic carbocycles. The van der Waals surface area contributed by atoms with Gasteiger partial charge in [-0.15, -0.1) is 0 Å². The molecule has 7 heteroatoms. The quantitative estimate of drug-likeness (QED) is 0.820. The van der Waals surface area contributed by atoms with E-state index in [9.17, 15) is 13.2 Å². The normalized spacial score (nSPS) is 11.0. The number of carbonyl (C=O) groups excluding carboxylic acids is 1. The van der Waals surface area contributed by atoms with Crippen molar-refractivity contribution in [3.05, 3.63) is 29.8 Å². The van der Waals surface area contributed by atoms with Crippen molar-refractivity contribution in [1.29, 1.82) is 0 Å². The molecule has 0 spiro atoms. The molecule has 0 saturated heterocycles. The smallest absolute Gasteiger partial charge is 0.411 e. The minimum atomic E-state index is -3.40. The van der Waals surface area contributed by atoms with E-state index in [0.29, 0.717) is 12.1 Å². The lowest BCUT2D eigenvalue weighted by atomic mass is 10.1. The largest absolute Gasteiger partial charge is 0.453 e. The van der Waals surface area contributed by atoms with E-state index in [1.807, 2.05) is 0 Å². The van der Waals surface area contributed by atoms with Crippen LogP contribution in [0, 0.1) is 0 Å². The van der Waals surface area contributed by atoms with Crippen LogP contribution in [-0.4, -0.2) is 34.5 Å². The van der Waals surface area contributed by atoms with Crippen LogP contribution in [0.4, 0.5) is 10.5 Å². The highest BCUT2D eigenvalue weighted by molar-refractivity contribution is 7.85. The molecule has 18 heavy (non-hydrogen) atoms. The van der Waals surface area contributed by atoms with Crippen LogP contribution in [0.3, 0.4) is 0 Å². The van der Waals surface area contributed by atoms with Crippen LogP contribution < -0.4 is 5.32 Å². The molecular weight excluding hydrogens is 258 g/mol. The number of amides is 1. The Bertz CT molecular complexity index is 495. The lowest BCUT2D eigenvalue weighted by Gasteiger charge is -2.05. The first kappa shape index (κ1) is 14.5. The summed E-state index contributed by atoms with van der Waals surface area (Å²) in [7, 11) is -2.11. The topological polar surface area (TPSA) is 81.7 Å². The van der Waals surface area contributed by atoms with Crippen LogP contribution in [-0.2, 0) is 25.5 Å². The summed E-state index contributed by atoms with van der Waals surface area (Å²) < 4.78 is 30.6. The second kappa shape index (κ2) is 6.36. The molecule has 1 N–H and O–H groups in total. The van der Waals surface area contributed by atoms with Gasteiger partial charge in [0, 0.05) is 5.69 Å². The third kappa shape index (κ3) is 5.65. The zero-order valence-corrected chi connectivity index (χ0v) is 11.0. The third-order valence-electron chi connectivity index (χ3n) is 2.07. The number of anilines is 1. The second-order valence-corrected chi connectivity index (χ2v) is 5.23. The maximum Gasteiger partial charge on any atom is 0.411 e. The summed E-state index contributed by atoms with van der Waals surface area (Å²) >= 11 is 0. The molecule has 0 aliphatic rings. The van der Waals surface area contributed by atoms with Gasteiger partial charge < -0.3 is 4.74 Å². The zero-order chi connectivity index (χ0) is 13.6. The van der Waals surface area contributed by atoms with Crippen LogP contribution in [0.2, 0.25) is 0 Å². The fraction of sp³-hybridized carbons (Fsp3) is 0.364. The first-order valence-corrected chi connectivity index (χ1v) is 7.00. The van der Waals surface area contributed by atoms with Gasteiger partial charge >= 0.3 is 6.09 Å². The van der Waals surface area contributed by atoms with Crippen molar-refractivity contribution < 1.29 is 22.1 Å². The van der Waals surface area contributed by atoms with E-state index in [4.69, 9.17) is 0 Å². The molecular formula is C11H15NO5S. The maximum atomic E-state index is 10.9. The first-order chi connectivity index (χ1) is 8.40. The predicted molar refractivity (Wildman–Crippen MR) is 67.0 cm³/mol. The Balaban J connectivity index is 2.48. The first-order valence-electron chi connectivity index (χ1n) is 5.19. The summed E-state index contributed by atoms with van der Waals surface area (Å²) in [6.45, 7) is 0.0998. The van der Waals surface area contributed by atoms with Gasteiger partial charge in [0.25, 0.3) is 10.1 Å². The molecule has 0 atom stereocenters. The molecule has 0 aliphatic carbocycles. The Morgan fingerprint density at radius 1 is 1.28 bits per heavy atom. The Labute approximate surface area is 106 Å². The SMILES string of the molecule is COC(=O)Nc1ccc(CCOS(C)(=O)=O)cc1. The minimum absolute atomic E-state index is 0.0998. The number of hydrogen-bond donors (Lipinski definition) is 1. The predicted octanol–water partition coefficient (Wildman–Crippen LogP) is 1.38. The summed E-state index contributed by atoms with van der Waals surface area (Å²) in [5.41, 5.74) is 1.52. The number of hydrogen-bond acceptors (Lipinski definition) is 5. The average molecular weight is 273 g/mol. The Hall–Kier alpha value is -1.60. The summed E-state index contributed by atoms with van der Waals surface area (Å²) in [4.78, 5) is 10.9. The molecule has 0 saturated carbocycles. The van der Waals surface area contributed by atoms with Crippen molar-refractivity contribution >= 4 is 21.9 Å². The second-order valence-electron chi connectivity index (χ2n) is 3.59. The minimum Gasteiger partial charge on any atom is -0.453 e. The lowest BCUT2D eigenvalue weighted by Crippen LogP contribution is -2.11. The molecule has 0 aromatic heterocycles. The zero-order valence-electron chi connectivity index (χ0n) is 10.2. The monoisotopic (exact) mass is 273 g/mol. The molecule has 0 unspecified atom stereocenters. The molecule has 1 aromatic rings. The van der Waals surface area contributed by atoms with Crippen molar-refractivity contribution in [2.75, 3.05) is 25.3 Å². The summed E-state index contributed by atoms with van der Waals surface area (Å²) in [5, 5.41) is 2.51. The Morgan fingerprint density at radius 3 is 2.39 bits per heavy atom. The molecule has 0 aliphatic heterocycles. The van der Waals surface area contributed by atoms with Crippen LogP contribution in [0.5, 0.6) is 0 Å². The third-order valence-corrected chi connectivity index (χ3v) is 2.67. The number of rotatable bonds is 5. The fourth-order valence-corrected chi connectivity index (χ4v) is 1.62. The van der Waals surface area contributed by atoms with E-state index < -0.39 is 16.2 Å². The van der Waals surface area contributed by atoms with Crippen LogP contribution in [0.1, 0.15) is 5.56 Å². The van der Waals surface area contributed by atoms with Gasteiger partial charge in [-0.2, -0.15) is 8.42 Å². The van der Waals surface area contributed by atoms with E-state index in [1.54, 1.807) is 24.3 Å². The average Bonchev–Trinajstić information content (AvgIpc) is 2.29. The van der Waals surface area contributed by atoms with Crippen molar-refractivity contribution in [3.63, 3.8) is 0 Å². The lowest BCUT2D eigenvalue weighted by molar-refractivity contribution is 0.187. The van der Waals surface area contributed by atoms with Crippen LogP contribution in [0.25, 0.3) is 0 Å². The molecule has 0 heterocycles. The number of methoxy groups -OCH3 is 1. The van der Waals surface area contributed by atoms with Crippen molar-refractivity contribution in [1.82, 2.24) is 0 Å². The number of nitrogens with one attached hydrogen (secondary N) is 1. The van der Waals surface area contributed by atoms with Crippen LogP contribution in [0.15, 0.2) is 24.3 Å². The van der Waals surface area contributed by atoms with Crippen LogP contribution >= 0.6 is 0 Å². The van der Waals surface area contributed by atoms with Crippen molar-refractivity contribution in [3.8, 4) is 0 Å². The Morgan fingerprint density at radius 2 is 1.89 bits per heavy atom. The van der Waals surface area contributed by atoms with Gasteiger partial charge in [-0.05, 0) is 24.1 Å². The highest BCUT2D eigenvalue weighted by Crippen LogP contribution is 2.10. The molecule has 100 valence electrons. The van der Waals surface area contributed by atoms with Crippen molar-refractivity contribution in [2.45, 2.75) is 6.42 Å². The van der Waals surface area contributed by atoms with E-state index >= 15 is 0 Å². The highest BCUT2D eigenvalue weighted by Gasteiger charge is 2.03. The van der Waals surface area contributed by atoms with Gasteiger partial charge in [0.1, 0.15) is 0 Å². The molecule has 0 bridgehead atoms.